The lowest BCUT2D eigenvalue weighted by Crippen LogP contribution is -2.30. The number of nitrogens with zero attached hydrogens (tertiary/aromatic N) is 1. The first kappa shape index (κ1) is 17.3. The van der Waals surface area contributed by atoms with Crippen LogP contribution in [0, 0.1) is 0 Å². The minimum Gasteiger partial charge on any atom is -0.448 e. The number of benzene rings is 2. The van der Waals surface area contributed by atoms with Gasteiger partial charge in [0.1, 0.15) is 0 Å². The molecule has 1 aromatic heterocycles. The van der Waals surface area contributed by atoms with Crippen LogP contribution in [0.2, 0.25) is 10.0 Å². The predicted octanol–water partition coefficient (Wildman–Crippen LogP) is 4.05. The van der Waals surface area contributed by atoms with E-state index in [1.807, 2.05) is 6.07 Å². The Morgan fingerprint density at radius 3 is 2.76 bits per heavy atom. The SMILES string of the molecule is C[C@@H](OC(=O)c1n[nH]c2ccccc12)C(=O)Nc1cc(Cl)ccc1Cl. The number of ether oxygens (including phenoxy) is 1. The molecule has 0 aliphatic heterocycles. The Labute approximate surface area is 153 Å². The molecule has 0 fully saturated rings. The van der Waals surface area contributed by atoms with Gasteiger partial charge in [0.05, 0.1) is 16.2 Å². The number of hydrogen-bond acceptors (Lipinski definition) is 4. The number of halogens is 2. The second kappa shape index (κ2) is 7.13. The van der Waals surface area contributed by atoms with Crippen molar-refractivity contribution < 1.29 is 14.3 Å². The van der Waals surface area contributed by atoms with E-state index < -0.39 is 18.0 Å². The van der Waals surface area contributed by atoms with Crippen LogP contribution >= 0.6 is 23.2 Å². The van der Waals surface area contributed by atoms with Crippen LogP contribution in [0.15, 0.2) is 42.5 Å². The van der Waals surface area contributed by atoms with Crippen molar-refractivity contribution in [2.75, 3.05) is 5.32 Å². The van der Waals surface area contributed by atoms with Gasteiger partial charge in [0, 0.05) is 10.4 Å². The van der Waals surface area contributed by atoms with Gasteiger partial charge in [0.15, 0.2) is 11.8 Å². The quantitative estimate of drug-likeness (QED) is 0.671. The molecule has 3 aromatic rings. The van der Waals surface area contributed by atoms with E-state index in [0.717, 1.165) is 0 Å². The molecule has 0 aliphatic rings. The van der Waals surface area contributed by atoms with Gasteiger partial charge in [-0.2, -0.15) is 5.10 Å². The van der Waals surface area contributed by atoms with Crippen LogP contribution in [-0.2, 0) is 9.53 Å². The van der Waals surface area contributed by atoms with Gasteiger partial charge in [-0.3, -0.25) is 9.89 Å². The second-order valence-electron chi connectivity index (χ2n) is 5.28. The number of aromatic nitrogens is 2. The van der Waals surface area contributed by atoms with Crippen molar-refractivity contribution in [3.05, 3.63) is 58.2 Å². The molecule has 8 heteroatoms. The highest BCUT2D eigenvalue weighted by atomic mass is 35.5. The first-order valence-electron chi connectivity index (χ1n) is 7.35. The van der Waals surface area contributed by atoms with Crippen LogP contribution < -0.4 is 5.32 Å². The summed E-state index contributed by atoms with van der Waals surface area (Å²) < 4.78 is 5.20. The Morgan fingerprint density at radius 2 is 1.96 bits per heavy atom. The van der Waals surface area contributed by atoms with Crippen LogP contribution in [-0.4, -0.2) is 28.2 Å². The maximum absolute atomic E-state index is 12.3. The fraction of sp³-hybridized carbons (Fsp3) is 0.118. The Bertz CT molecular complexity index is 955. The largest absolute Gasteiger partial charge is 0.448 e. The van der Waals surface area contributed by atoms with Crippen LogP contribution in [0.4, 0.5) is 5.69 Å². The number of hydrogen-bond donors (Lipinski definition) is 2. The Morgan fingerprint density at radius 1 is 1.20 bits per heavy atom. The smallest absolute Gasteiger partial charge is 0.360 e. The Kier molecular flexibility index (Phi) is 4.92. The molecule has 0 aliphatic carbocycles. The summed E-state index contributed by atoms with van der Waals surface area (Å²) in [6.07, 6.45) is -1.04. The molecule has 0 saturated carbocycles. The molecule has 6 nitrogen and oxygen atoms in total. The van der Waals surface area contributed by atoms with E-state index in [0.29, 0.717) is 26.6 Å². The van der Waals surface area contributed by atoms with E-state index in [-0.39, 0.29) is 5.69 Å². The molecule has 0 radical (unpaired) electrons. The molecule has 0 spiro atoms. The predicted molar refractivity (Wildman–Crippen MR) is 96.1 cm³/mol. The van der Waals surface area contributed by atoms with Crippen molar-refractivity contribution in [3.8, 4) is 0 Å². The normalized spacial score (nSPS) is 12.0. The van der Waals surface area contributed by atoms with Gasteiger partial charge in [-0.05, 0) is 31.2 Å². The van der Waals surface area contributed by atoms with Crippen molar-refractivity contribution in [3.63, 3.8) is 0 Å². The summed E-state index contributed by atoms with van der Waals surface area (Å²) in [4.78, 5) is 24.5. The molecule has 1 heterocycles. The zero-order valence-electron chi connectivity index (χ0n) is 13.0. The van der Waals surface area contributed by atoms with Gasteiger partial charge in [-0.25, -0.2) is 4.79 Å². The highest BCUT2D eigenvalue weighted by molar-refractivity contribution is 6.35. The average molecular weight is 378 g/mol. The van der Waals surface area contributed by atoms with Gasteiger partial charge in [0.2, 0.25) is 0 Å². The van der Waals surface area contributed by atoms with Gasteiger partial charge in [-0.1, -0.05) is 41.4 Å². The van der Waals surface area contributed by atoms with Gasteiger partial charge in [-0.15, -0.1) is 0 Å². The Hall–Kier alpha value is -2.57. The zero-order chi connectivity index (χ0) is 18.0. The summed E-state index contributed by atoms with van der Waals surface area (Å²) in [5.41, 5.74) is 1.17. The van der Waals surface area contributed by atoms with E-state index in [4.69, 9.17) is 27.9 Å². The highest BCUT2D eigenvalue weighted by Crippen LogP contribution is 2.25. The molecule has 0 bridgehead atoms. The lowest BCUT2D eigenvalue weighted by Gasteiger charge is -2.14. The third-order valence-electron chi connectivity index (χ3n) is 3.50. The maximum Gasteiger partial charge on any atom is 0.360 e. The van der Waals surface area contributed by atoms with Gasteiger partial charge >= 0.3 is 5.97 Å². The number of carbonyl (C=O) groups is 2. The van der Waals surface area contributed by atoms with Crippen molar-refractivity contribution in [1.82, 2.24) is 10.2 Å². The summed E-state index contributed by atoms with van der Waals surface area (Å²) in [6, 6.07) is 11.8. The topological polar surface area (TPSA) is 84.1 Å². The number of esters is 1. The molecular weight excluding hydrogens is 365 g/mol. The maximum atomic E-state index is 12.3. The van der Waals surface area contributed by atoms with Crippen LogP contribution in [0.5, 0.6) is 0 Å². The lowest BCUT2D eigenvalue weighted by molar-refractivity contribution is -0.123. The molecule has 25 heavy (non-hydrogen) atoms. The van der Waals surface area contributed by atoms with Crippen molar-refractivity contribution in [2.45, 2.75) is 13.0 Å². The summed E-state index contributed by atoms with van der Waals surface area (Å²) >= 11 is 11.9. The van der Waals surface area contributed by atoms with Crippen molar-refractivity contribution in [1.29, 1.82) is 0 Å². The van der Waals surface area contributed by atoms with Crippen molar-refractivity contribution >= 4 is 51.7 Å². The average Bonchev–Trinajstić information content (AvgIpc) is 3.02. The van der Waals surface area contributed by atoms with Crippen molar-refractivity contribution in [2.24, 2.45) is 0 Å². The number of fused-ring (bicyclic) bond motifs is 1. The minimum absolute atomic E-state index is 0.121. The third-order valence-corrected chi connectivity index (χ3v) is 4.07. The number of amides is 1. The second-order valence-corrected chi connectivity index (χ2v) is 6.12. The molecule has 1 amide bonds. The van der Waals surface area contributed by atoms with E-state index in [1.165, 1.54) is 13.0 Å². The monoisotopic (exact) mass is 377 g/mol. The summed E-state index contributed by atoms with van der Waals surface area (Å²) in [7, 11) is 0. The highest BCUT2D eigenvalue weighted by Gasteiger charge is 2.22. The first-order valence-corrected chi connectivity index (χ1v) is 8.11. The van der Waals surface area contributed by atoms with E-state index in [1.54, 1.807) is 30.3 Å². The molecule has 1 atom stereocenters. The Balaban J connectivity index is 1.71. The summed E-state index contributed by atoms with van der Waals surface area (Å²) in [5, 5.41) is 10.6. The molecule has 0 unspecified atom stereocenters. The molecule has 3 rings (SSSR count). The lowest BCUT2D eigenvalue weighted by atomic mass is 10.2. The van der Waals surface area contributed by atoms with Crippen LogP contribution in [0.1, 0.15) is 17.4 Å². The molecule has 2 aromatic carbocycles. The number of carbonyl (C=O) groups excluding carboxylic acids is 2. The van der Waals surface area contributed by atoms with Crippen LogP contribution in [0.3, 0.4) is 0 Å². The first-order chi connectivity index (χ1) is 12.0. The minimum atomic E-state index is -1.04. The summed E-state index contributed by atoms with van der Waals surface area (Å²) in [5.74, 6) is -1.23. The zero-order valence-corrected chi connectivity index (χ0v) is 14.6. The number of rotatable bonds is 4. The fourth-order valence-corrected chi connectivity index (χ4v) is 2.55. The molecule has 2 N–H and O–H groups in total. The van der Waals surface area contributed by atoms with E-state index in [2.05, 4.69) is 15.5 Å². The molecule has 128 valence electrons. The van der Waals surface area contributed by atoms with E-state index >= 15 is 0 Å². The summed E-state index contributed by atoms with van der Waals surface area (Å²) in [6.45, 7) is 1.46. The fourth-order valence-electron chi connectivity index (χ4n) is 2.22. The standard InChI is InChI=1S/C17H13Cl2N3O3/c1-9(16(23)20-14-8-10(18)6-7-12(14)19)25-17(24)15-11-4-2-3-5-13(11)21-22-15/h2-9H,1H3,(H,20,23)(H,21,22)/t9-/m1/s1. The van der Waals surface area contributed by atoms with Gasteiger partial charge < -0.3 is 10.1 Å². The van der Waals surface area contributed by atoms with Gasteiger partial charge in [0.25, 0.3) is 5.91 Å². The van der Waals surface area contributed by atoms with E-state index in [9.17, 15) is 9.59 Å². The van der Waals surface area contributed by atoms with Crippen LogP contribution in [0.25, 0.3) is 10.9 Å². The number of aromatic amines is 1. The third kappa shape index (κ3) is 3.75. The number of H-pyrrole nitrogens is 1. The molecule has 0 saturated heterocycles. The molecular formula is C17H13Cl2N3O3. The number of nitrogens with one attached hydrogen (secondary N) is 2. The number of anilines is 1. The number of para-hydroxylation sites is 1.